The molecule has 8 rings (SSSR count). The van der Waals surface area contributed by atoms with Crippen LogP contribution in [-0.2, 0) is 46.6 Å². The second kappa shape index (κ2) is 22.3. The molecule has 0 bridgehead atoms. The van der Waals surface area contributed by atoms with E-state index in [0.29, 0.717) is 56.7 Å². The second-order valence-corrected chi connectivity index (χ2v) is 17.9. The summed E-state index contributed by atoms with van der Waals surface area (Å²) in [6.45, 7) is 5.94. The third kappa shape index (κ3) is 12.6. The molecule has 1 N–H and O–H groups in total. The van der Waals surface area contributed by atoms with Crippen LogP contribution in [0.5, 0.6) is 0 Å². The normalized spacial score (nSPS) is 15.6. The van der Waals surface area contributed by atoms with Crippen LogP contribution in [0, 0.1) is 0 Å². The van der Waals surface area contributed by atoms with E-state index in [2.05, 4.69) is 15.0 Å². The molecule has 0 unspecified atom stereocenters. The zero-order valence-corrected chi connectivity index (χ0v) is 40.2. The number of methoxy groups -OCH3 is 1. The number of halogens is 2. The van der Waals surface area contributed by atoms with Crippen LogP contribution in [0.25, 0.3) is 0 Å². The summed E-state index contributed by atoms with van der Waals surface area (Å²) in [5.41, 5.74) is 5.36. The highest BCUT2D eigenvalue weighted by Crippen LogP contribution is 2.32. The predicted octanol–water partition coefficient (Wildman–Crippen LogP) is 9.56. The van der Waals surface area contributed by atoms with Crippen molar-refractivity contribution in [1.82, 2.24) is 19.8 Å². The van der Waals surface area contributed by atoms with Gasteiger partial charge in [0.05, 0.1) is 35.5 Å². The minimum absolute atomic E-state index is 0. The maximum atomic E-state index is 13.8. The summed E-state index contributed by atoms with van der Waals surface area (Å²) >= 11 is 12.3. The van der Waals surface area contributed by atoms with E-state index < -0.39 is 29.6 Å². The van der Waals surface area contributed by atoms with E-state index in [1.807, 2.05) is 51.1 Å². The van der Waals surface area contributed by atoms with Crippen LogP contribution >= 0.6 is 36.7 Å². The number of esters is 1. The SMILES string of the molecule is COC1=Nc2cc(Cl)ccc2C(=O)N(Cc2ccc(C(=O)OC(C)(C)C)cc2)[C@@H]1Cc1cccnc1.O=C(O)c1ccc(CN2C(=O)c3ccc(Cl)cc3CC(=O)[C@H]2Cc2cccnc2)cc1.S. The zero-order valence-electron chi connectivity index (χ0n) is 37.7. The molecule has 4 aromatic carbocycles. The molecular formula is C52H49Cl2N5O8S. The molecule has 350 valence electrons. The molecule has 2 atom stereocenters. The summed E-state index contributed by atoms with van der Waals surface area (Å²) in [5.74, 6) is -1.54. The molecule has 16 heteroatoms. The van der Waals surface area contributed by atoms with Crippen LogP contribution in [0.15, 0.2) is 139 Å². The topological polar surface area (TPSA) is 169 Å². The molecule has 2 aliphatic heterocycles. The van der Waals surface area contributed by atoms with Crippen LogP contribution in [0.1, 0.15) is 90.0 Å². The standard InChI is InChI=1S/C28H28ClN3O4.C24H19ClN2O4.H2S/c1-28(2,3)36-27(34)20-9-7-18(8-10-20)17-32-24(14-19-6-5-13-30-16-19)25(35-4)31-23-15-21(29)11-12-22(23)26(32)33;25-19-7-8-20-18(11-19)12-22(28)21(10-16-2-1-9-26-13-16)27(23(20)29)14-15-3-5-17(6-4-15)24(30)31;/h5-13,15-16,24H,14,17H2,1-4H3;1-9,11,13,21H,10,12,14H2,(H,30,31);1H2/t24-;21-;/m11./s1. The van der Waals surface area contributed by atoms with Crippen molar-refractivity contribution < 1.29 is 38.6 Å². The van der Waals surface area contributed by atoms with Crippen LogP contribution in [0.2, 0.25) is 10.0 Å². The van der Waals surface area contributed by atoms with Gasteiger partial charge >= 0.3 is 11.9 Å². The van der Waals surface area contributed by atoms with Gasteiger partial charge in [0.25, 0.3) is 11.8 Å². The average molecular weight is 975 g/mol. The number of aliphatic imine (C=N–C) groups is 1. The highest BCUT2D eigenvalue weighted by molar-refractivity contribution is 7.59. The number of fused-ring (bicyclic) bond motifs is 2. The zero-order chi connectivity index (χ0) is 47.8. The maximum absolute atomic E-state index is 13.8. The highest BCUT2D eigenvalue weighted by atomic mass is 35.5. The van der Waals surface area contributed by atoms with Gasteiger partial charge in [0.2, 0.25) is 5.90 Å². The van der Waals surface area contributed by atoms with E-state index in [1.54, 1.807) is 108 Å². The van der Waals surface area contributed by atoms with Gasteiger partial charge in [0.1, 0.15) is 11.6 Å². The first-order valence-corrected chi connectivity index (χ1v) is 22.1. The third-order valence-electron chi connectivity index (χ3n) is 11.0. The van der Waals surface area contributed by atoms with Crippen molar-refractivity contribution in [2.75, 3.05) is 7.11 Å². The number of carboxylic acid groups (broad SMARTS) is 1. The molecule has 6 aromatic rings. The first-order valence-electron chi connectivity index (χ1n) is 21.3. The molecule has 68 heavy (non-hydrogen) atoms. The van der Waals surface area contributed by atoms with Gasteiger partial charge in [-0.05, 0) is 121 Å². The lowest BCUT2D eigenvalue weighted by molar-refractivity contribution is -0.122. The molecule has 0 radical (unpaired) electrons. The van der Waals surface area contributed by atoms with E-state index in [4.69, 9.17) is 37.8 Å². The van der Waals surface area contributed by atoms with Gasteiger partial charge in [-0.3, -0.25) is 24.4 Å². The summed E-state index contributed by atoms with van der Waals surface area (Å²) < 4.78 is 11.2. The quantitative estimate of drug-likeness (QED) is 0.131. The Hall–Kier alpha value is -6.87. The number of carbonyl (C=O) groups excluding carboxylic acids is 4. The van der Waals surface area contributed by atoms with Crippen molar-refractivity contribution in [3.8, 4) is 0 Å². The first kappa shape index (κ1) is 50.5. The summed E-state index contributed by atoms with van der Waals surface area (Å²) in [4.78, 5) is 80.4. The number of nitrogens with zero attached hydrogens (tertiary/aromatic N) is 5. The Bertz CT molecular complexity index is 2820. The number of carbonyl (C=O) groups is 5. The Balaban J connectivity index is 0.000000223. The molecule has 0 saturated heterocycles. The Morgan fingerprint density at radius 1 is 0.691 bits per heavy atom. The van der Waals surface area contributed by atoms with Gasteiger partial charge in [-0.25, -0.2) is 14.6 Å². The molecule has 13 nitrogen and oxygen atoms in total. The number of benzene rings is 4. The number of pyridine rings is 2. The van der Waals surface area contributed by atoms with E-state index >= 15 is 0 Å². The van der Waals surface area contributed by atoms with Crippen molar-refractivity contribution >= 4 is 77.8 Å². The summed E-state index contributed by atoms with van der Waals surface area (Å²) in [6.07, 6.45) is 7.73. The fourth-order valence-corrected chi connectivity index (χ4v) is 8.14. The van der Waals surface area contributed by atoms with Crippen LogP contribution in [-0.4, -0.2) is 85.1 Å². The fraction of sp³-hybridized carbons (Fsp3) is 0.231. The Morgan fingerprint density at radius 3 is 1.74 bits per heavy atom. The monoisotopic (exact) mass is 973 g/mol. The Labute approximate surface area is 411 Å². The van der Waals surface area contributed by atoms with Gasteiger partial charge < -0.3 is 24.4 Å². The van der Waals surface area contributed by atoms with Gasteiger partial charge in [0, 0.05) is 72.7 Å². The highest BCUT2D eigenvalue weighted by Gasteiger charge is 2.37. The van der Waals surface area contributed by atoms with Crippen molar-refractivity contribution in [3.63, 3.8) is 0 Å². The molecule has 2 amide bonds. The predicted molar refractivity (Wildman–Crippen MR) is 264 cm³/mol. The van der Waals surface area contributed by atoms with E-state index in [-0.39, 0.29) is 56.2 Å². The summed E-state index contributed by atoms with van der Waals surface area (Å²) in [6, 6.07) is 29.7. The fourth-order valence-electron chi connectivity index (χ4n) is 7.77. The van der Waals surface area contributed by atoms with Crippen LogP contribution in [0.3, 0.4) is 0 Å². The van der Waals surface area contributed by atoms with Gasteiger partial charge in [0.15, 0.2) is 5.78 Å². The Kier molecular flexibility index (Phi) is 16.6. The third-order valence-corrected chi connectivity index (χ3v) is 11.5. The number of rotatable bonds is 10. The number of aromatic nitrogens is 2. The number of ketones is 1. The number of Topliss-reactive ketones (excluding diaryl/α,β-unsaturated/α-hetero) is 1. The van der Waals surface area contributed by atoms with Gasteiger partial charge in [-0.1, -0.05) is 59.6 Å². The van der Waals surface area contributed by atoms with Crippen molar-refractivity contribution in [2.45, 2.75) is 70.8 Å². The Morgan fingerprint density at radius 2 is 1.21 bits per heavy atom. The average Bonchev–Trinajstić information content (AvgIpc) is 3.46. The lowest BCUT2D eigenvalue weighted by atomic mass is 9.98. The molecule has 0 saturated carbocycles. The first-order chi connectivity index (χ1) is 32.1. The molecule has 0 spiro atoms. The van der Waals surface area contributed by atoms with Crippen molar-refractivity contribution in [1.29, 1.82) is 0 Å². The number of hydrogen-bond donors (Lipinski definition) is 1. The molecular weight excluding hydrogens is 926 g/mol. The molecule has 0 fully saturated rings. The lowest BCUT2D eigenvalue weighted by Crippen LogP contribution is -2.45. The van der Waals surface area contributed by atoms with Crippen molar-refractivity contribution in [2.24, 2.45) is 4.99 Å². The van der Waals surface area contributed by atoms with Gasteiger partial charge in [-0.2, -0.15) is 13.5 Å². The smallest absolute Gasteiger partial charge is 0.338 e. The molecule has 4 heterocycles. The number of aromatic carboxylic acids is 1. The van der Waals surface area contributed by atoms with E-state index in [1.165, 1.54) is 12.1 Å². The number of hydrogen-bond acceptors (Lipinski definition) is 10. The van der Waals surface area contributed by atoms with Gasteiger partial charge in [-0.15, -0.1) is 0 Å². The molecule has 2 aliphatic rings. The maximum Gasteiger partial charge on any atom is 0.338 e. The lowest BCUT2D eigenvalue weighted by Gasteiger charge is -2.31. The van der Waals surface area contributed by atoms with Crippen LogP contribution < -0.4 is 0 Å². The summed E-state index contributed by atoms with van der Waals surface area (Å²) in [5, 5.41) is 10.1. The molecule has 0 aliphatic carbocycles. The van der Waals surface area contributed by atoms with E-state index in [9.17, 15) is 24.0 Å². The number of ether oxygens (including phenoxy) is 2. The number of amides is 2. The van der Waals surface area contributed by atoms with Crippen LogP contribution in [0.4, 0.5) is 5.69 Å². The van der Waals surface area contributed by atoms with E-state index in [0.717, 1.165) is 22.3 Å². The van der Waals surface area contributed by atoms with Crippen molar-refractivity contribution in [3.05, 3.63) is 194 Å². The minimum atomic E-state index is -1.02. The number of carboxylic acids is 1. The second-order valence-electron chi connectivity index (χ2n) is 17.0. The summed E-state index contributed by atoms with van der Waals surface area (Å²) in [7, 11) is 1.54. The largest absolute Gasteiger partial charge is 0.483 e. The minimum Gasteiger partial charge on any atom is -0.483 e. The molecule has 2 aromatic heterocycles.